The van der Waals surface area contributed by atoms with Crippen LogP contribution >= 0.6 is 0 Å². The monoisotopic (exact) mass is 118 g/mol. The van der Waals surface area contributed by atoms with Crippen molar-refractivity contribution in [1.82, 2.24) is 0 Å². The zero-order valence-electron chi connectivity index (χ0n) is 4.83. The Bertz CT molecular complexity index is 64.1. The lowest BCUT2D eigenvalue weighted by molar-refractivity contribution is -0.220. The summed E-state index contributed by atoms with van der Waals surface area (Å²) in [5.41, 5.74) is 0. The quantitative estimate of drug-likeness (QED) is 0.476. The van der Waals surface area contributed by atoms with Crippen molar-refractivity contribution >= 4 is 0 Å². The second kappa shape index (κ2) is 2.44. The zero-order valence-corrected chi connectivity index (χ0v) is 4.83. The summed E-state index contributed by atoms with van der Waals surface area (Å²) >= 11 is 0. The molecule has 1 fully saturated rings. The summed E-state index contributed by atoms with van der Waals surface area (Å²) in [6.07, 6.45) is -0.882. The minimum atomic E-state index is -0.719. The maximum atomic E-state index is 8.83. The van der Waals surface area contributed by atoms with Crippen molar-refractivity contribution in [2.75, 3.05) is 13.2 Å². The molecule has 0 aromatic rings. The van der Waals surface area contributed by atoms with Crippen molar-refractivity contribution in [3.05, 3.63) is 0 Å². The van der Waals surface area contributed by atoms with Crippen LogP contribution in [0.1, 0.15) is 6.92 Å². The summed E-state index contributed by atoms with van der Waals surface area (Å²) < 4.78 is 9.84. The average Bonchev–Trinajstić information content (AvgIpc) is 1.77. The van der Waals surface area contributed by atoms with Crippen LogP contribution in [0.2, 0.25) is 0 Å². The normalized spacial score (nSPS) is 39.8. The van der Waals surface area contributed by atoms with E-state index in [1.165, 1.54) is 0 Å². The molecule has 48 valence electrons. The molecule has 0 aliphatic carbocycles. The standard InChI is InChI=1S/C5H10O3/c1-4-5(6)8-3-2-7-4/h4-6H,2-3H2,1H3. The largest absolute Gasteiger partial charge is 0.371 e. The van der Waals surface area contributed by atoms with Crippen LogP contribution in [-0.4, -0.2) is 30.7 Å². The molecule has 1 N–H and O–H groups in total. The summed E-state index contributed by atoms with van der Waals surface area (Å²) in [7, 11) is 0. The maximum Gasteiger partial charge on any atom is 0.180 e. The van der Waals surface area contributed by atoms with Gasteiger partial charge in [0.1, 0.15) is 6.10 Å². The molecule has 3 nitrogen and oxygen atoms in total. The van der Waals surface area contributed by atoms with E-state index in [9.17, 15) is 0 Å². The molecule has 8 heavy (non-hydrogen) atoms. The molecule has 1 aliphatic rings. The van der Waals surface area contributed by atoms with Crippen LogP contribution in [0.5, 0.6) is 0 Å². The van der Waals surface area contributed by atoms with Gasteiger partial charge in [-0.3, -0.25) is 0 Å². The summed E-state index contributed by atoms with van der Waals surface area (Å²) in [4.78, 5) is 0. The fourth-order valence-corrected chi connectivity index (χ4v) is 0.621. The predicted octanol–water partition coefficient (Wildman–Crippen LogP) is -0.260. The molecule has 2 unspecified atom stereocenters. The molecule has 2 atom stereocenters. The van der Waals surface area contributed by atoms with Crippen LogP contribution in [0.25, 0.3) is 0 Å². The SMILES string of the molecule is CC1OCCOC1O. The fourth-order valence-electron chi connectivity index (χ4n) is 0.621. The highest BCUT2D eigenvalue weighted by molar-refractivity contribution is 4.56. The van der Waals surface area contributed by atoms with Gasteiger partial charge in [-0.2, -0.15) is 0 Å². The summed E-state index contributed by atoms with van der Waals surface area (Å²) in [6, 6.07) is 0. The molecule has 1 saturated heterocycles. The molecular weight excluding hydrogens is 108 g/mol. The van der Waals surface area contributed by atoms with Crippen LogP contribution in [0.15, 0.2) is 0 Å². The summed E-state index contributed by atoms with van der Waals surface area (Å²) in [5.74, 6) is 0. The van der Waals surface area contributed by atoms with Crippen molar-refractivity contribution in [1.29, 1.82) is 0 Å². The molecule has 0 aromatic carbocycles. The van der Waals surface area contributed by atoms with Gasteiger partial charge in [-0.15, -0.1) is 0 Å². The van der Waals surface area contributed by atoms with E-state index in [-0.39, 0.29) is 6.10 Å². The molecule has 0 radical (unpaired) electrons. The molecule has 0 amide bonds. The molecule has 1 aliphatic heterocycles. The van der Waals surface area contributed by atoms with E-state index < -0.39 is 6.29 Å². The number of aliphatic hydroxyl groups is 1. The van der Waals surface area contributed by atoms with Gasteiger partial charge in [-0.1, -0.05) is 0 Å². The number of hydrogen-bond acceptors (Lipinski definition) is 3. The Labute approximate surface area is 48.2 Å². The Balaban J connectivity index is 2.28. The van der Waals surface area contributed by atoms with Crippen LogP contribution in [0.3, 0.4) is 0 Å². The molecule has 1 heterocycles. The van der Waals surface area contributed by atoms with E-state index in [0.29, 0.717) is 13.2 Å². The Morgan fingerprint density at radius 2 is 2.00 bits per heavy atom. The lowest BCUT2D eigenvalue weighted by atomic mass is 10.4. The molecular formula is C5H10O3. The van der Waals surface area contributed by atoms with Gasteiger partial charge >= 0.3 is 0 Å². The Hall–Kier alpha value is -0.120. The van der Waals surface area contributed by atoms with Crippen molar-refractivity contribution in [3.63, 3.8) is 0 Å². The van der Waals surface area contributed by atoms with Gasteiger partial charge in [0.05, 0.1) is 13.2 Å². The molecule has 3 heteroatoms. The molecule has 0 spiro atoms. The van der Waals surface area contributed by atoms with Crippen LogP contribution in [0.4, 0.5) is 0 Å². The van der Waals surface area contributed by atoms with Gasteiger partial charge in [0, 0.05) is 0 Å². The van der Waals surface area contributed by atoms with Crippen LogP contribution in [-0.2, 0) is 9.47 Å². The van der Waals surface area contributed by atoms with E-state index in [2.05, 4.69) is 0 Å². The second-order valence-electron chi connectivity index (χ2n) is 1.84. The van der Waals surface area contributed by atoms with Gasteiger partial charge in [0.25, 0.3) is 0 Å². The van der Waals surface area contributed by atoms with Crippen molar-refractivity contribution in [3.8, 4) is 0 Å². The van der Waals surface area contributed by atoms with Crippen molar-refractivity contribution < 1.29 is 14.6 Å². The predicted molar refractivity (Wildman–Crippen MR) is 27.4 cm³/mol. The first-order chi connectivity index (χ1) is 3.80. The topological polar surface area (TPSA) is 38.7 Å². The van der Waals surface area contributed by atoms with E-state index in [0.717, 1.165) is 0 Å². The average molecular weight is 118 g/mol. The molecule has 1 rings (SSSR count). The number of aliphatic hydroxyl groups excluding tert-OH is 1. The highest BCUT2D eigenvalue weighted by atomic mass is 16.7. The van der Waals surface area contributed by atoms with Gasteiger partial charge in [0.2, 0.25) is 0 Å². The first-order valence-electron chi connectivity index (χ1n) is 2.72. The fraction of sp³-hybridized carbons (Fsp3) is 1.00. The van der Waals surface area contributed by atoms with Crippen LogP contribution < -0.4 is 0 Å². The molecule has 0 bridgehead atoms. The smallest absolute Gasteiger partial charge is 0.180 e. The van der Waals surface area contributed by atoms with E-state index in [1.54, 1.807) is 6.92 Å². The van der Waals surface area contributed by atoms with Gasteiger partial charge in [-0.05, 0) is 6.92 Å². The van der Waals surface area contributed by atoms with E-state index >= 15 is 0 Å². The number of rotatable bonds is 0. The highest BCUT2D eigenvalue weighted by Crippen LogP contribution is 2.04. The summed E-state index contributed by atoms with van der Waals surface area (Å²) in [5, 5.41) is 8.83. The first-order valence-corrected chi connectivity index (χ1v) is 2.72. The van der Waals surface area contributed by atoms with E-state index in [4.69, 9.17) is 14.6 Å². The number of hydrogen-bond donors (Lipinski definition) is 1. The number of ether oxygens (including phenoxy) is 2. The maximum absolute atomic E-state index is 8.83. The molecule has 0 aromatic heterocycles. The Morgan fingerprint density at radius 1 is 1.38 bits per heavy atom. The lowest BCUT2D eigenvalue weighted by Gasteiger charge is -2.24. The highest BCUT2D eigenvalue weighted by Gasteiger charge is 2.18. The third kappa shape index (κ3) is 1.18. The lowest BCUT2D eigenvalue weighted by Crippen LogP contribution is -2.35. The third-order valence-electron chi connectivity index (χ3n) is 1.15. The van der Waals surface area contributed by atoms with Crippen molar-refractivity contribution in [2.24, 2.45) is 0 Å². The Morgan fingerprint density at radius 3 is 2.38 bits per heavy atom. The molecule has 0 saturated carbocycles. The van der Waals surface area contributed by atoms with Crippen molar-refractivity contribution in [2.45, 2.75) is 19.3 Å². The minimum Gasteiger partial charge on any atom is -0.371 e. The van der Waals surface area contributed by atoms with Gasteiger partial charge in [-0.25, -0.2) is 0 Å². The van der Waals surface area contributed by atoms with Crippen LogP contribution in [0, 0.1) is 0 Å². The zero-order chi connectivity index (χ0) is 5.98. The first kappa shape index (κ1) is 6.01. The minimum absolute atomic E-state index is 0.163. The van der Waals surface area contributed by atoms with E-state index in [1.807, 2.05) is 0 Å². The summed E-state index contributed by atoms with van der Waals surface area (Å²) in [6.45, 7) is 2.88. The third-order valence-corrected chi connectivity index (χ3v) is 1.15. The van der Waals surface area contributed by atoms with Gasteiger partial charge in [0.15, 0.2) is 6.29 Å². The second-order valence-corrected chi connectivity index (χ2v) is 1.84. The van der Waals surface area contributed by atoms with Gasteiger partial charge < -0.3 is 14.6 Å². The Kier molecular flexibility index (Phi) is 1.83.